The summed E-state index contributed by atoms with van der Waals surface area (Å²) in [5.74, 6) is 1.03. The maximum atomic E-state index is 12.0. The molecule has 1 aliphatic rings. The summed E-state index contributed by atoms with van der Waals surface area (Å²) in [5.41, 5.74) is 2.21. The number of aromatic nitrogens is 1. The average molecular weight is 299 g/mol. The third-order valence-electron chi connectivity index (χ3n) is 3.44. The highest BCUT2D eigenvalue weighted by Gasteiger charge is 2.21. The quantitative estimate of drug-likeness (QED) is 0.915. The van der Waals surface area contributed by atoms with E-state index in [4.69, 9.17) is 0 Å². The van der Waals surface area contributed by atoms with Gasteiger partial charge in [0.25, 0.3) is 0 Å². The minimum absolute atomic E-state index is 0.0938. The molecule has 5 heteroatoms. The van der Waals surface area contributed by atoms with E-state index in [2.05, 4.69) is 27.8 Å². The van der Waals surface area contributed by atoms with Gasteiger partial charge < -0.3 is 10.6 Å². The molecule has 0 aliphatic carbocycles. The second-order valence-electron chi connectivity index (χ2n) is 4.92. The maximum Gasteiger partial charge on any atom is 0.315 e. The van der Waals surface area contributed by atoms with Gasteiger partial charge in [-0.15, -0.1) is 11.8 Å². The Morgan fingerprint density at radius 3 is 3.05 bits per heavy atom. The van der Waals surface area contributed by atoms with Crippen LogP contribution in [-0.4, -0.2) is 16.8 Å². The zero-order valence-corrected chi connectivity index (χ0v) is 12.4. The highest BCUT2D eigenvalue weighted by Crippen LogP contribution is 2.35. The molecular formula is C16H17N3OS. The molecule has 0 saturated carbocycles. The number of urea groups is 1. The molecule has 1 aromatic carbocycles. The number of fused-ring (bicyclic) bond motifs is 1. The Morgan fingerprint density at radius 2 is 2.19 bits per heavy atom. The average Bonchev–Trinajstić information content (AvgIpc) is 2.54. The predicted molar refractivity (Wildman–Crippen MR) is 84.1 cm³/mol. The van der Waals surface area contributed by atoms with Crippen molar-refractivity contribution in [2.75, 3.05) is 5.75 Å². The minimum atomic E-state index is -0.134. The number of carbonyl (C=O) groups excluding carboxylic acids is 1. The molecular weight excluding hydrogens is 282 g/mol. The van der Waals surface area contributed by atoms with Gasteiger partial charge in [0.2, 0.25) is 0 Å². The number of hydrogen-bond donors (Lipinski definition) is 2. The largest absolute Gasteiger partial charge is 0.334 e. The van der Waals surface area contributed by atoms with Crippen molar-refractivity contribution < 1.29 is 4.79 Å². The molecule has 0 saturated heterocycles. The summed E-state index contributed by atoms with van der Waals surface area (Å²) < 4.78 is 0. The molecule has 0 fully saturated rings. The van der Waals surface area contributed by atoms with Crippen LogP contribution in [0.5, 0.6) is 0 Å². The SMILES string of the molecule is O=C(NCc1cccnc1)N[C@H]1CCSc2ccccc21. The Hall–Kier alpha value is -2.01. The third kappa shape index (κ3) is 3.55. The highest BCUT2D eigenvalue weighted by atomic mass is 32.2. The fraction of sp³-hybridized carbons (Fsp3) is 0.250. The molecule has 108 valence electrons. The number of pyridine rings is 1. The zero-order chi connectivity index (χ0) is 14.5. The van der Waals surface area contributed by atoms with E-state index < -0.39 is 0 Å². The van der Waals surface area contributed by atoms with Crippen molar-refractivity contribution in [2.45, 2.75) is 23.9 Å². The molecule has 2 N–H and O–H groups in total. The summed E-state index contributed by atoms with van der Waals surface area (Å²) in [6.45, 7) is 0.489. The van der Waals surface area contributed by atoms with Crippen LogP contribution >= 0.6 is 11.8 Å². The standard InChI is InChI=1S/C16H17N3OS/c20-16(18-11-12-4-3-8-17-10-12)19-14-7-9-21-15-6-2-1-5-13(14)15/h1-6,8,10,14H,7,9,11H2,(H2,18,19,20)/t14-/m0/s1. The molecule has 1 atom stereocenters. The van der Waals surface area contributed by atoms with E-state index in [0.29, 0.717) is 6.54 Å². The number of carbonyl (C=O) groups is 1. The molecule has 2 heterocycles. The van der Waals surface area contributed by atoms with E-state index in [9.17, 15) is 4.79 Å². The number of nitrogens with one attached hydrogen (secondary N) is 2. The monoisotopic (exact) mass is 299 g/mol. The van der Waals surface area contributed by atoms with Crippen LogP contribution in [-0.2, 0) is 6.54 Å². The second-order valence-corrected chi connectivity index (χ2v) is 6.05. The van der Waals surface area contributed by atoms with Gasteiger partial charge in [-0.1, -0.05) is 24.3 Å². The Bertz CT molecular complexity index is 618. The number of rotatable bonds is 3. The number of amides is 2. The molecule has 0 bridgehead atoms. The van der Waals surface area contributed by atoms with E-state index in [-0.39, 0.29) is 12.1 Å². The van der Waals surface area contributed by atoms with E-state index in [1.54, 1.807) is 12.4 Å². The first-order valence-corrected chi connectivity index (χ1v) is 7.96. The molecule has 2 amide bonds. The predicted octanol–water partition coefficient (Wildman–Crippen LogP) is 3.12. The Labute approximate surface area is 128 Å². The molecule has 1 aromatic heterocycles. The van der Waals surface area contributed by atoms with Crippen molar-refractivity contribution in [1.29, 1.82) is 0 Å². The van der Waals surface area contributed by atoms with Crippen molar-refractivity contribution in [2.24, 2.45) is 0 Å². The minimum Gasteiger partial charge on any atom is -0.334 e. The molecule has 0 spiro atoms. The van der Waals surface area contributed by atoms with Gasteiger partial charge in [-0.05, 0) is 29.7 Å². The lowest BCUT2D eigenvalue weighted by molar-refractivity contribution is 0.236. The van der Waals surface area contributed by atoms with Crippen LogP contribution in [0.2, 0.25) is 0 Å². The normalized spacial score (nSPS) is 16.9. The van der Waals surface area contributed by atoms with Crippen LogP contribution < -0.4 is 10.6 Å². The summed E-state index contributed by atoms with van der Waals surface area (Å²) in [5, 5.41) is 5.94. The van der Waals surface area contributed by atoms with Crippen molar-refractivity contribution >= 4 is 17.8 Å². The van der Waals surface area contributed by atoms with Crippen LogP contribution in [0.25, 0.3) is 0 Å². The van der Waals surface area contributed by atoms with Crippen molar-refractivity contribution in [3.63, 3.8) is 0 Å². The van der Waals surface area contributed by atoms with Gasteiger partial charge in [-0.3, -0.25) is 4.98 Å². The van der Waals surface area contributed by atoms with Gasteiger partial charge in [0, 0.05) is 29.6 Å². The van der Waals surface area contributed by atoms with Gasteiger partial charge in [0.05, 0.1) is 6.04 Å². The summed E-state index contributed by atoms with van der Waals surface area (Å²) in [6, 6.07) is 12.0. The highest BCUT2D eigenvalue weighted by molar-refractivity contribution is 7.99. The van der Waals surface area contributed by atoms with Gasteiger partial charge in [-0.2, -0.15) is 0 Å². The molecule has 1 aliphatic heterocycles. The second kappa shape index (κ2) is 6.63. The lowest BCUT2D eigenvalue weighted by atomic mass is 10.0. The Kier molecular flexibility index (Phi) is 4.40. The molecule has 3 rings (SSSR count). The fourth-order valence-corrected chi connectivity index (χ4v) is 3.51. The van der Waals surface area contributed by atoms with E-state index in [1.165, 1.54) is 10.5 Å². The number of benzene rings is 1. The molecule has 4 nitrogen and oxygen atoms in total. The summed E-state index contributed by atoms with van der Waals surface area (Å²) in [4.78, 5) is 17.3. The first kappa shape index (κ1) is 13.9. The first-order chi connectivity index (χ1) is 10.3. The topological polar surface area (TPSA) is 54.0 Å². The van der Waals surface area contributed by atoms with E-state index in [1.807, 2.05) is 36.0 Å². The number of hydrogen-bond acceptors (Lipinski definition) is 3. The molecule has 21 heavy (non-hydrogen) atoms. The van der Waals surface area contributed by atoms with E-state index in [0.717, 1.165) is 17.7 Å². The fourth-order valence-electron chi connectivity index (χ4n) is 2.39. The van der Waals surface area contributed by atoms with Crippen LogP contribution in [0.1, 0.15) is 23.6 Å². The number of thioether (sulfide) groups is 1. The Morgan fingerprint density at radius 1 is 1.29 bits per heavy atom. The lowest BCUT2D eigenvalue weighted by Crippen LogP contribution is -2.38. The first-order valence-electron chi connectivity index (χ1n) is 6.98. The van der Waals surface area contributed by atoms with Crippen LogP contribution in [0.15, 0.2) is 53.7 Å². The molecule has 0 unspecified atom stereocenters. The van der Waals surface area contributed by atoms with Crippen LogP contribution in [0.4, 0.5) is 4.79 Å². The van der Waals surface area contributed by atoms with Gasteiger partial charge >= 0.3 is 6.03 Å². The van der Waals surface area contributed by atoms with Crippen molar-refractivity contribution in [3.8, 4) is 0 Å². The third-order valence-corrected chi connectivity index (χ3v) is 4.56. The van der Waals surface area contributed by atoms with Gasteiger partial charge in [0.1, 0.15) is 0 Å². The Balaban J connectivity index is 1.58. The zero-order valence-electron chi connectivity index (χ0n) is 11.6. The van der Waals surface area contributed by atoms with Crippen molar-refractivity contribution in [1.82, 2.24) is 15.6 Å². The van der Waals surface area contributed by atoms with Crippen LogP contribution in [0, 0.1) is 0 Å². The van der Waals surface area contributed by atoms with Gasteiger partial charge in [0.15, 0.2) is 0 Å². The molecule has 0 radical (unpaired) electrons. The summed E-state index contributed by atoms with van der Waals surface area (Å²) in [7, 11) is 0. The smallest absolute Gasteiger partial charge is 0.315 e. The maximum absolute atomic E-state index is 12.0. The number of nitrogens with zero attached hydrogens (tertiary/aromatic N) is 1. The summed E-state index contributed by atoms with van der Waals surface area (Å²) >= 11 is 1.85. The molecule has 2 aromatic rings. The summed E-state index contributed by atoms with van der Waals surface area (Å²) in [6.07, 6.45) is 4.44. The lowest BCUT2D eigenvalue weighted by Gasteiger charge is -2.25. The van der Waals surface area contributed by atoms with E-state index >= 15 is 0 Å². The van der Waals surface area contributed by atoms with Crippen LogP contribution in [0.3, 0.4) is 0 Å². The van der Waals surface area contributed by atoms with Crippen molar-refractivity contribution in [3.05, 3.63) is 59.9 Å². The van der Waals surface area contributed by atoms with Gasteiger partial charge in [-0.25, -0.2) is 4.79 Å².